The lowest BCUT2D eigenvalue weighted by molar-refractivity contribution is 0.229. The number of halogens is 1. The SMILES string of the molecule is CNC(c1ccc(F)cn1)C(C)CN1CCC(C)(C)C1. The predicted octanol–water partition coefficient (Wildman–Crippen LogP) is 2.85. The molecule has 112 valence electrons. The fourth-order valence-corrected chi connectivity index (χ4v) is 3.19. The third-order valence-electron chi connectivity index (χ3n) is 4.25. The molecular weight excluding hydrogens is 253 g/mol. The van der Waals surface area contributed by atoms with Gasteiger partial charge in [-0.15, -0.1) is 0 Å². The van der Waals surface area contributed by atoms with Gasteiger partial charge in [0.2, 0.25) is 0 Å². The minimum atomic E-state index is -0.280. The second kappa shape index (κ2) is 6.19. The van der Waals surface area contributed by atoms with E-state index in [1.807, 2.05) is 7.05 Å². The van der Waals surface area contributed by atoms with Crippen molar-refractivity contribution in [1.29, 1.82) is 0 Å². The predicted molar refractivity (Wildman–Crippen MR) is 80.0 cm³/mol. The van der Waals surface area contributed by atoms with Gasteiger partial charge in [0, 0.05) is 13.1 Å². The number of hydrogen-bond acceptors (Lipinski definition) is 3. The Balaban J connectivity index is 1.99. The highest BCUT2D eigenvalue weighted by Gasteiger charge is 2.31. The Morgan fingerprint density at radius 2 is 2.20 bits per heavy atom. The van der Waals surface area contributed by atoms with E-state index in [9.17, 15) is 4.39 Å². The topological polar surface area (TPSA) is 28.2 Å². The highest BCUT2D eigenvalue weighted by molar-refractivity contribution is 5.11. The van der Waals surface area contributed by atoms with Crippen molar-refractivity contribution in [2.24, 2.45) is 11.3 Å². The molecule has 2 unspecified atom stereocenters. The molecule has 0 saturated carbocycles. The fraction of sp³-hybridized carbons (Fsp3) is 0.688. The van der Waals surface area contributed by atoms with E-state index in [0.717, 1.165) is 18.8 Å². The Bertz CT molecular complexity index is 430. The van der Waals surface area contributed by atoms with Crippen molar-refractivity contribution < 1.29 is 4.39 Å². The Morgan fingerprint density at radius 1 is 1.45 bits per heavy atom. The first-order valence-corrected chi connectivity index (χ1v) is 7.42. The molecule has 0 aliphatic carbocycles. The molecule has 0 amide bonds. The quantitative estimate of drug-likeness (QED) is 0.898. The van der Waals surface area contributed by atoms with Crippen LogP contribution in [0.2, 0.25) is 0 Å². The first-order valence-electron chi connectivity index (χ1n) is 7.42. The van der Waals surface area contributed by atoms with Crippen LogP contribution in [0.3, 0.4) is 0 Å². The summed E-state index contributed by atoms with van der Waals surface area (Å²) in [7, 11) is 1.94. The van der Waals surface area contributed by atoms with Crippen LogP contribution in [0.4, 0.5) is 4.39 Å². The van der Waals surface area contributed by atoms with Gasteiger partial charge in [-0.3, -0.25) is 4.98 Å². The molecule has 3 nitrogen and oxygen atoms in total. The Kier molecular flexibility index (Phi) is 4.76. The molecule has 4 heteroatoms. The van der Waals surface area contributed by atoms with Crippen molar-refractivity contribution >= 4 is 0 Å². The van der Waals surface area contributed by atoms with Crippen LogP contribution in [-0.2, 0) is 0 Å². The Morgan fingerprint density at radius 3 is 2.70 bits per heavy atom. The van der Waals surface area contributed by atoms with Gasteiger partial charge in [0.05, 0.1) is 17.9 Å². The monoisotopic (exact) mass is 279 g/mol. The molecule has 2 atom stereocenters. The number of rotatable bonds is 5. The maximum atomic E-state index is 13.0. The van der Waals surface area contributed by atoms with E-state index in [1.165, 1.54) is 25.2 Å². The molecule has 1 N–H and O–H groups in total. The summed E-state index contributed by atoms with van der Waals surface area (Å²) in [5.41, 5.74) is 1.35. The van der Waals surface area contributed by atoms with Gasteiger partial charge in [0.15, 0.2) is 0 Å². The van der Waals surface area contributed by atoms with Crippen molar-refractivity contribution in [1.82, 2.24) is 15.2 Å². The average molecular weight is 279 g/mol. The molecule has 20 heavy (non-hydrogen) atoms. The number of aromatic nitrogens is 1. The van der Waals surface area contributed by atoms with Crippen molar-refractivity contribution in [3.63, 3.8) is 0 Å². The third kappa shape index (κ3) is 3.76. The lowest BCUT2D eigenvalue weighted by Crippen LogP contribution is -2.34. The second-order valence-electron chi connectivity index (χ2n) is 6.79. The van der Waals surface area contributed by atoms with Crippen molar-refractivity contribution in [3.05, 3.63) is 29.8 Å². The number of likely N-dealkylation sites (tertiary alicyclic amines) is 1. The summed E-state index contributed by atoms with van der Waals surface area (Å²) in [6.07, 6.45) is 2.56. The molecule has 1 aromatic heterocycles. The zero-order valence-corrected chi connectivity index (χ0v) is 13.0. The molecular formula is C16H26FN3. The van der Waals surface area contributed by atoms with E-state index in [0.29, 0.717) is 11.3 Å². The van der Waals surface area contributed by atoms with Crippen LogP contribution in [0.15, 0.2) is 18.3 Å². The summed E-state index contributed by atoms with van der Waals surface area (Å²) in [5, 5.41) is 3.32. The van der Waals surface area contributed by atoms with E-state index in [2.05, 4.69) is 36.0 Å². The highest BCUT2D eigenvalue weighted by Crippen LogP contribution is 2.30. The molecule has 1 aliphatic rings. The zero-order valence-electron chi connectivity index (χ0n) is 13.0. The van der Waals surface area contributed by atoms with Crippen molar-refractivity contribution in [3.8, 4) is 0 Å². The average Bonchev–Trinajstić information content (AvgIpc) is 2.72. The molecule has 1 fully saturated rings. The van der Waals surface area contributed by atoms with Gasteiger partial charge >= 0.3 is 0 Å². The molecule has 2 heterocycles. The minimum absolute atomic E-state index is 0.166. The van der Waals surface area contributed by atoms with E-state index in [1.54, 1.807) is 6.07 Å². The first kappa shape index (κ1) is 15.4. The number of nitrogens with one attached hydrogen (secondary N) is 1. The summed E-state index contributed by atoms with van der Waals surface area (Å²) in [6.45, 7) is 10.3. The maximum Gasteiger partial charge on any atom is 0.141 e. The molecule has 1 aromatic rings. The molecule has 0 bridgehead atoms. The van der Waals surface area contributed by atoms with Crippen LogP contribution >= 0.6 is 0 Å². The summed E-state index contributed by atoms with van der Waals surface area (Å²) in [4.78, 5) is 6.74. The van der Waals surface area contributed by atoms with Crippen LogP contribution in [0.25, 0.3) is 0 Å². The smallest absolute Gasteiger partial charge is 0.141 e. The molecule has 0 radical (unpaired) electrons. The molecule has 1 saturated heterocycles. The molecule has 1 aliphatic heterocycles. The van der Waals surface area contributed by atoms with Crippen LogP contribution < -0.4 is 5.32 Å². The maximum absolute atomic E-state index is 13.0. The van der Waals surface area contributed by atoms with Gasteiger partial charge in [0.25, 0.3) is 0 Å². The van der Waals surface area contributed by atoms with Crippen molar-refractivity contribution in [2.75, 3.05) is 26.7 Å². The first-order chi connectivity index (χ1) is 9.41. The Labute approximate surface area is 121 Å². The van der Waals surface area contributed by atoms with Crippen LogP contribution in [-0.4, -0.2) is 36.6 Å². The number of hydrogen-bond donors (Lipinski definition) is 1. The number of pyridine rings is 1. The summed E-state index contributed by atoms with van der Waals surface area (Å²) in [6, 6.07) is 3.43. The van der Waals surface area contributed by atoms with Crippen molar-refractivity contribution in [2.45, 2.75) is 33.2 Å². The highest BCUT2D eigenvalue weighted by atomic mass is 19.1. The van der Waals surface area contributed by atoms with Crippen LogP contribution in [0.5, 0.6) is 0 Å². The van der Waals surface area contributed by atoms with E-state index >= 15 is 0 Å². The van der Waals surface area contributed by atoms with Gasteiger partial charge in [-0.25, -0.2) is 4.39 Å². The van der Waals surface area contributed by atoms with Crippen LogP contribution in [0.1, 0.15) is 38.9 Å². The van der Waals surface area contributed by atoms with Gasteiger partial charge in [0.1, 0.15) is 5.82 Å². The largest absolute Gasteiger partial charge is 0.311 e. The minimum Gasteiger partial charge on any atom is -0.311 e. The van der Waals surface area contributed by atoms with Gasteiger partial charge < -0.3 is 10.2 Å². The normalized spacial score (nSPS) is 21.9. The standard InChI is InChI=1S/C16H26FN3/c1-12(10-20-8-7-16(2,3)11-20)15(18-4)14-6-5-13(17)9-19-14/h5-6,9,12,15,18H,7-8,10-11H2,1-4H3. The lowest BCUT2D eigenvalue weighted by Gasteiger charge is -2.28. The number of nitrogens with zero attached hydrogens (tertiary/aromatic N) is 2. The summed E-state index contributed by atoms with van der Waals surface area (Å²) in [5.74, 6) is 0.157. The van der Waals surface area contributed by atoms with E-state index in [-0.39, 0.29) is 11.9 Å². The summed E-state index contributed by atoms with van der Waals surface area (Å²) < 4.78 is 13.0. The van der Waals surface area contributed by atoms with E-state index in [4.69, 9.17) is 0 Å². The molecule has 0 aromatic carbocycles. The van der Waals surface area contributed by atoms with Gasteiger partial charge in [-0.05, 0) is 43.5 Å². The third-order valence-corrected chi connectivity index (χ3v) is 4.25. The lowest BCUT2D eigenvalue weighted by atomic mass is 9.93. The van der Waals surface area contributed by atoms with Crippen LogP contribution in [0, 0.1) is 17.2 Å². The van der Waals surface area contributed by atoms with Gasteiger partial charge in [-0.2, -0.15) is 0 Å². The Hall–Kier alpha value is -1.00. The van der Waals surface area contributed by atoms with Gasteiger partial charge in [-0.1, -0.05) is 20.8 Å². The zero-order chi connectivity index (χ0) is 14.8. The van der Waals surface area contributed by atoms with E-state index < -0.39 is 0 Å². The fourth-order valence-electron chi connectivity index (χ4n) is 3.19. The molecule has 0 spiro atoms. The summed E-state index contributed by atoms with van der Waals surface area (Å²) >= 11 is 0. The molecule has 2 rings (SSSR count). The second-order valence-corrected chi connectivity index (χ2v) is 6.79.